The van der Waals surface area contributed by atoms with Crippen molar-refractivity contribution in [3.63, 3.8) is 0 Å². The van der Waals surface area contributed by atoms with E-state index in [1.165, 1.54) is 44.6 Å². The Balaban J connectivity index is 2.14. The molecular formula is C49H81O16P. The molecule has 0 aromatic heterocycles. The van der Waals surface area contributed by atoms with E-state index >= 15 is 0 Å². The summed E-state index contributed by atoms with van der Waals surface area (Å²) >= 11 is 0. The largest absolute Gasteiger partial charge is 0.472 e. The van der Waals surface area contributed by atoms with Crippen molar-refractivity contribution in [1.82, 2.24) is 0 Å². The quantitative estimate of drug-likeness (QED) is 0.0241. The lowest BCUT2D eigenvalue weighted by Crippen LogP contribution is -2.55. The zero-order chi connectivity index (χ0) is 48.7. The van der Waals surface area contributed by atoms with Crippen LogP contribution in [-0.2, 0) is 37.5 Å². The minimum Gasteiger partial charge on any atom is -0.462 e. The minimum atomic E-state index is -5.47. The topological polar surface area (TPSA) is 267 Å². The third-order valence-corrected chi connectivity index (χ3v) is 12.7. The molecule has 0 spiro atoms. The van der Waals surface area contributed by atoms with Crippen LogP contribution in [0.2, 0.25) is 0 Å². The Morgan fingerprint density at radius 2 is 1.42 bits per heavy atom. The van der Waals surface area contributed by atoms with Gasteiger partial charge in [-0.2, -0.15) is 0 Å². The fourth-order valence-corrected chi connectivity index (χ4v) is 8.63. The first-order valence-electron chi connectivity index (χ1n) is 24.2. The molecule has 1 saturated carbocycles. The van der Waals surface area contributed by atoms with E-state index in [-0.39, 0.29) is 25.7 Å². The Morgan fingerprint density at radius 3 is 2.12 bits per heavy atom. The number of aliphatic hydroxyl groups is 7. The second-order valence-electron chi connectivity index (χ2n) is 17.4. The van der Waals surface area contributed by atoms with Gasteiger partial charge in [-0.1, -0.05) is 126 Å². The van der Waals surface area contributed by atoms with E-state index in [2.05, 4.69) is 31.2 Å². The van der Waals surface area contributed by atoms with Crippen molar-refractivity contribution in [3.05, 3.63) is 60.8 Å². The lowest BCUT2D eigenvalue weighted by Gasteiger charge is -2.36. The molecule has 1 fully saturated rings. The summed E-state index contributed by atoms with van der Waals surface area (Å²) in [7, 11) is -5.47. The van der Waals surface area contributed by atoms with Crippen LogP contribution >= 0.6 is 7.82 Å². The number of fused-ring (bicyclic) bond motifs is 4. The fraction of sp³-hybridized carbons (Fsp3) is 0.735. The maximum atomic E-state index is 13.7. The number of phosphoric acid groups is 1. The highest BCUT2D eigenvalue weighted by atomic mass is 31.2. The molecule has 0 radical (unpaired) electrons. The molecule has 0 aromatic carbocycles. The first kappa shape index (κ1) is 59.3. The standard InChI is InChI=1S/C49H81O16P/c1-3-5-7-8-9-10-11-12-13-14-15-16-17-18-19-20-25-29-42(53)62-34-37-35-63-66(60,61)65-49-47(58)45(56)39(32-31-36(50)27-23-6-4-2)41(52)33-40(51)38(44(55)46(57)48(49)59)28-24-21-22-26-30-43(54)64-37/h12-13,15-16,18-19,21,24,31-32,36-40,44-51,55-59H,3-11,14,17,20,22-23,25-30,33-35H2,1-2H3,(H,60,61)/b13-12-,16-15-,19-18-,24-21-,32-31+/t36-,37+,38-,39-,40-,44+,45+,46-,47+,48+,49+/m0/s1. The molecule has 1 aliphatic heterocycles. The maximum Gasteiger partial charge on any atom is 0.472 e. The molecular weight excluding hydrogens is 875 g/mol. The highest BCUT2D eigenvalue weighted by molar-refractivity contribution is 7.47. The van der Waals surface area contributed by atoms with Crippen LogP contribution < -0.4 is 0 Å². The van der Waals surface area contributed by atoms with Crippen molar-refractivity contribution >= 4 is 25.5 Å². The highest BCUT2D eigenvalue weighted by Gasteiger charge is 2.49. The van der Waals surface area contributed by atoms with Gasteiger partial charge in [0.15, 0.2) is 6.10 Å². The van der Waals surface area contributed by atoms with E-state index in [0.29, 0.717) is 32.1 Å². The van der Waals surface area contributed by atoms with Gasteiger partial charge in [0.2, 0.25) is 0 Å². The van der Waals surface area contributed by atoms with Crippen LogP contribution in [0.5, 0.6) is 0 Å². The van der Waals surface area contributed by atoms with Gasteiger partial charge in [0.1, 0.15) is 36.8 Å². The zero-order valence-electron chi connectivity index (χ0n) is 39.2. The number of cyclic esters (lactones) is 1. The van der Waals surface area contributed by atoms with Gasteiger partial charge in [-0.3, -0.25) is 23.4 Å². The molecule has 0 saturated heterocycles. The van der Waals surface area contributed by atoms with Crippen molar-refractivity contribution in [2.75, 3.05) is 13.2 Å². The molecule has 2 bridgehead atoms. The monoisotopic (exact) mass is 957 g/mol. The van der Waals surface area contributed by atoms with Crippen molar-refractivity contribution in [2.24, 2.45) is 11.8 Å². The zero-order valence-corrected chi connectivity index (χ0v) is 40.1. The van der Waals surface area contributed by atoms with Crippen molar-refractivity contribution < 1.29 is 78.1 Å². The summed E-state index contributed by atoms with van der Waals surface area (Å²) in [4.78, 5) is 50.0. The molecule has 2 rings (SSSR count). The molecule has 0 aromatic rings. The third kappa shape index (κ3) is 24.4. The van der Waals surface area contributed by atoms with Crippen LogP contribution in [0, 0.1) is 11.8 Å². The first-order chi connectivity index (χ1) is 31.6. The van der Waals surface area contributed by atoms with Gasteiger partial charge in [-0.05, 0) is 64.2 Å². The SMILES string of the molecule is CCCCCCCC/C=C\C/C=C\C/C=C\CCCC(=O)OC[C@@H]1COP(=O)(O)O[C@H]2[C@H](O)[C@@H](O)[C@H](O)[C@@H](C/C=C\CCCC(=O)O1)[C@@H](O)CC(=O)[C@H](/C=C/[C@@H](O)CCCCC)[C@@H](O)[C@H]2O. The molecule has 17 heteroatoms. The highest BCUT2D eigenvalue weighted by Crippen LogP contribution is 2.47. The third-order valence-electron chi connectivity index (χ3n) is 11.7. The molecule has 1 heterocycles. The molecule has 378 valence electrons. The lowest BCUT2D eigenvalue weighted by molar-refractivity contribution is -0.166. The average molecular weight is 957 g/mol. The molecule has 12 atom stereocenters. The predicted octanol–water partition coefficient (Wildman–Crippen LogP) is 6.31. The van der Waals surface area contributed by atoms with Crippen molar-refractivity contribution in [1.29, 1.82) is 0 Å². The second kappa shape index (κ2) is 34.4. The number of rotatable bonds is 23. The van der Waals surface area contributed by atoms with Crippen LogP contribution in [-0.4, -0.2) is 127 Å². The van der Waals surface area contributed by atoms with Gasteiger partial charge in [0.25, 0.3) is 0 Å². The summed E-state index contributed by atoms with van der Waals surface area (Å²) in [5.41, 5.74) is 0. The van der Waals surface area contributed by atoms with Gasteiger partial charge in [-0.15, -0.1) is 0 Å². The summed E-state index contributed by atoms with van der Waals surface area (Å²) in [5.74, 6) is -5.21. The molecule has 1 aliphatic carbocycles. The summed E-state index contributed by atoms with van der Waals surface area (Å²) in [6.07, 6.45) is 14.0. The number of Topliss-reactive ketones (excluding diaryl/α,β-unsaturated/α-hetero) is 1. The Bertz CT molecular complexity index is 1560. The molecule has 0 amide bonds. The minimum absolute atomic E-state index is 0.0292. The summed E-state index contributed by atoms with van der Waals surface area (Å²) in [5, 5.41) is 78.3. The number of allylic oxidation sites excluding steroid dienone is 8. The smallest absolute Gasteiger partial charge is 0.462 e. The number of aliphatic hydroxyl groups excluding tert-OH is 7. The van der Waals surface area contributed by atoms with Gasteiger partial charge in [0.05, 0.1) is 36.9 Å². The van der Waals surface area contributed by atoms with E-state index in [9.17, 15) is 59.6 Å². The number of ether oxygens (including phenoxy) is 2. The van der Waals surface area contributed by atoms with Crippen molar-refractivity contribution in [2.45, 2.75) is 204 Å². The Labute approximate surface area is 392 Å². The average Bonchev–Trinajstić information content (AvgIpc) is 3.28. The van der Waals surface area contributed by atoms with Crippen LogP contribution in [0.25, 0.3) is 0 Å². The number of ketones is 1. The maximum absolute atomic E-state index is 13.7. The lowest BCUT2D eigenvalue weighted by atomic mass is 9.83. The van der Waals surface area contributed by atoms with E-state index in [1.54, 1.807) is 12.2 Å². The summed E-state index contributed by atoms with van der Waals surface area (Å²) < 4.78 is 34.5. The summed E-state index contributed by atoms with van der Waals surface area (Å²) in [6.45, 7) is 2.74. The predicted molar refractivity (Wildman–Crippen MR) is 250 cm³/mol. The van der Waals surface area contributed by atoms with Crippen LogP contribution in [0.1, 0.15) is 149 Å². The van der Waals surface area contributed by atoms with Gasteiger partial charge in [0, 0.05) is 25.2 Å². The number of carbonyl (C=O) groups is 3. The number of phosphoric ester groups is 1. The summed E-state index contributed by atoms with van der Waals surface area (Å²) in [6, 6.07) is 0. The van der Waals surface area contributed by atoms with Gasteiger partial charge < -0.3 is 50.1 Å². The number of carbonyl (C=O) groups excluding carboxylic acids is 3. The van der Waals surface area contributed by atoms with Crippen LogP contribution in [0.15, 0.2) is 60.8 Å². The second-order valence-corrected chi connectivity index (χ2v) is 18.8. The Morgan fingerprint density at radius 1 is 0.803 bits per heavy atom. The number of esters is 2. The molecule has 8 N–H and O–H groups in total. The van der Waals surface area contributed by atoms with Gasteiger partial charge >= 0.3 is 19.8 Å². The van der Waals surface area contributed by atoms with E-state index in [1.807, 2.05) is 19.1 Å². The normalized spacial score (nSPS) is 31.3. The Hall–Kier alpha value is -2.86. The number of hydrogen-bond acceptors (Lipinski definition) is 15. The fourth-order valence-electron chi connectivity index (χ4n) is 7.66. The van der Waals surface area contributed by atoms with Crippen LogP contribution in [0.4, 0.5) is 0 Å². The molecule has 66 heavy (non-hydrogen) atoms. The Kier molecular flexibility index (Phi) is 30.9. The molecule has 2 aliphatic rings. The number of unbranched alkanes of at least 4 members (excludes halogenated alkanes) is 9. The van der Waals surface area contributed by atoms with Crippen molar-refractivity contribution in [3.8, 4) is 0 Å². The van der Waals surface area contributed by atoms with Gasteiger partial charge in [-0.25, -0.2) is 4.57 Å². The van der Waals surface area contributed by atoms with E-state index in [0.717, 1.165) is 38.2 Å². The number of hydrogen-bond donors (Lipinski definition) is 8. The first-order valence-corrected chi connectivity index (χ1v) is 25.7. The van der Waals surface area contributed by atoms with Crippen LogP contribution in [0.3, 0.4) is 0 Å². The molecule has 1 unspecified atom stereocenters. The van der Waals surface area contributed by atoms with E-state index < -0.39 is 112 Å². The van der Waals surface area contributed by atoms with E-state index in [4.69, 9.17) is 18.5 Å². The molecule has 16 nitrogen and oxygen atoms in total.